The number of fused-ring (bicyclic) bond motifs is 2. The Bertz CT molecular complexity index is 1870. The molecule has 0 radical (unpaired) electrons. The molecule has 0 fully saturated rings. The Balaban J connectivity index is 0.000000183. The summed E-state index contributed by atoms with van der Waals surface area (Å²) in [4.78, 5) is 8.59. The molecule has 0 spiro atoms. The number of nitrogens with zero attached hydrogens (tertiary/aromatic N) is 2. The first-order chi connectivity index (χ1) is 23.2. The lowest BCUT2D eigenvalue weighted by molar-refractivity contribution is 0.242. The summed E-state index contributed by atoms with van der Waals surface area (Å²) < 4.78 is 60.9. The van der Waals surface area contributed by atoms with Crippen molar-refractivity contribution in [2.75, 3.05) is 0 Å². The Morgan fingerprint density at radius 2 is 1.16 bits per heavy atom. The van der Waals surface area contributed by atoms with E-state index >= 15 is 0 Å². The summed E-state index contributed by atoms with van der Waals surface area (Å²) in [6.07, 6.45) is 14.2. The second kappa shape index (κ2) is 17.4. The minimum absolute atomic E-state index is 0.0536. The van der Waals surface area contributed by atoms with E-state index in [1.54, 1.807) is 42.6 Å². The number of rotatable bonds is 8. The second-order valence-electron chi connectivity index (χ2n) is 12.7. The molecule has 0 bridgehead atoms. The van der Waals surface area contributed by atoms with Crippen LogP contribution in [0.3, 0.4) is 0 Å². The first-order valence-corrected chi connectivity index (χ1v) is 20.4. The van der Waals surface area contributed by atoms with Crippen molar-refractivity contribution in [2.45, 2.75) is 107 Å². The highest BCUT2D eigenvalue weighted by Crippen LogP contribution is 2.31. The molecular formula is C37H46ClN3O6S2. The third-order valence-electron chi connectivity index (χ3n) is 8.09. The van der Waals surface area contributed by atoms with E-state index in [-0.39, 0.29) is 28.0 Å². The van der Waals surface area contributed by atoms with Gasteiger partial charge in [-0.25, -0.2) is 21.6 Å². The molecule has 2 heterocycles. The summed E-state index contributed by atoms with van der Waals surface area (Å²) in [5.41, 5.74) is 5.13. The third-order valence-corrected chi connectivity index (χ3v) is 10.9. The van der Waals surface area contributed by atoms with E-state index in [9.17, 15) is 16.8 Å². The topological polar surface area (TPSA) is 125 Å². The molecule has 2 aromatic heterocycles. The van der Waals surface area contributed by atoms with Crippen molar-refractivity contribution in [3.63, 3.8) is 0 Å². The maximum atomic E-state index is 12.7. The van der Waals surface area contributed by atoms with Crippen molar-refractivity contribution in [3.05, 3.63) is 108 Å². The van der Waals surface area contributed by atoms with E-state index in [1.807, 2.05) is 52.4 Å². The normalized spacial score (nSPS) is 17.1. The monoisotopic (exact) mass is 727 g/mol. The van der Waals surface area contributed by atoms with Crippen molar-refractivity contribution in [1.29, 1.82) is 0 Å². The number of benzene rings is 2. The van der Waals surface area contributed by atoms with Crippen molar-refractivity contribution in [1.82, 2.24) is 14.7 Å². The number of hydrogen-bond acceptors (Lipinski definition) is 8. The number of halogens is 1. The molecular weight excluding hydrogens is 682 g/mol. The summed E-state index contributed by atoms with van der Waals surface area (Å²) in [7, 11) is -2.06. The fraction of sp³-hybridized carbons (Fsp3) is 0.405. The molecule has 0 aliphatic heterocycles. The van der Waals surface area contributed by atoms with Gasteiger partial charge in [-0.2, -0.15) is 0 Å². The van der Waals surface area contributed by atoms with Gasteiger partial charge in [0.1, 0.15) is 11.5 Å². The van der Waals surface area contributed by atoms with E-state index in [4.69, 9.17) is 20.2 Å². The van der Waals surface area contributed by atoms with Gasteiger partial charge in [0, 0.05) is 41.5 Å². The number of aryl methyl sites for hydroxylation is 2. The molecule has 2 aromatic carbocycles. The highest BCUT2D eigenvalue weighted by Gasteiger charge is 2.26. The van der Waals surface area contributed by atoms with Crippen LogP contribution in [0.15, 0.2) is 95.2 Å². The summed E-state index contributed by atoms with van der Waals surface area (Å²) in [5, 5.41) is 0. The van der Waals surface area contributed by atoms with Crippen molar-refractivity contribution < 1.29 is 26.3 Å². The summed E-state index contributed by atoms with van der Waals surface area (Å²) >= 11 is 0. The highest BCUT2D eigenvalue weighted by molar-refractivity contribution is 8.13. The van der Waals surface area contributed by atoms with Gasteiger partial charge in [0.2, 0.25) is 10.0 Å². The number of nitrogens with one attached hydrogen (secondary N) is 1. The smallest absolute Gasteiger partial charge is 0.261 e. The molecule has 1 N–H and O–H groups in total. The Morgan fingerprint density at radius 3 is 1.65 bits per heavy atom. The largest absolute Gasteiger partial charge is 0.491 e. The zero-order valence-corrected chi connectivity index (χ0v) is 31.1. The average Bonchev–Trinajstić information content (AvgIpc) is 3.05. The van der Waals surface area contributed by atoms with Gasteiger partial charge in [0.25, 0.3) is 9.05 Å². The minimum atomic E-state index is -3.63. The molecule has 49 heavy (non-hydrogen) atoms. The van der Waals surface area contributed by atoms with Gasteiger partial charge >= 0.3 is 0 Å². The standard InChI is InChI=1S/C18H22N2O3S.C10H13N.C9H11ClO3S/c1-13(2)23-15-6-8-16(9-7-15)24(21,22)20-18-5-3-4-14-12-19-11-10-17(14)18;1-8-3-2-4-9-7-11-6-5-10(8)9;1-7(2)13-8-3-5-9(6-4-8)14(10,11)12/h6-13,18,20H,3-5H2,1-2H3;5-8H,2-4H2,1H3;3-7H,1-2H3. The Labute approximate surface area is 295 Å². The Morgan fingerprint density at radius 1 is 0.694 bits per heavy atom. The van der Waals surface area contributed by atoms with Crippen LogP contribution in [0.5, 0.6) is 11.5 Å². The SMILES string of the molecule is CC(C)Oc1ccc(S(=O)(=O)Cl)cc1.CC(C)Oc1ccc(S(=O)(=O)NC2CCCc3cnccc32)cc1.CC1CCCc2cnccc21. The second-order valence-corrected chi connectivity index (χ2v) is 17.0. The minimum Gasteiger partial charge on any atom is -0.491 e. The highest BCUT2D eigenvalue weighted by atomic mass is 35.7. The summed E-state index contributed by atoms with van der Waals surface area (Å²) in [6, 6.07) is 16.4. The lowest BCUT2D eigenvalue weighted by Crippen LogP contribution is -2.31. The van der Waals surface area contributed by atoms with E-state index in [0.29, 0.717) is 11.5 Å². The average molecular weight is 728 g/mol. The molecule has 2 atom stereocenters. The molecule has 2 unspecified atom stereocenters. The molecule has 12 heteroatoms. The first kappa shape index (κ1) is 38.3. The molecule has 0 amide bonds. The van der Waals surface area contributed by atoms with E-state index in [0.717, 1.165) is 36.3 Å². The van der Waals surface area contributed by atoms with E-state index < -0.39 is 19.1 Å². The quantitative estimate of drug-likeness (QED) is 0.180. The number of aromatic nitrogens is 2. The Kier molecular flexibility index (Phi) is 13.6. The predicted octanol–water partition coefficient (Wildman–Crippen LogP) is 8.15. The van der Waals surface area contributed by atoms with Crippen LogP contribution in [-0.2, 0) is 31.9 Å². The molecule has 0 saturated heterocycles. The number of hydrogen-bond donors (Lipinski definition) is 1. The Hall–Kier alpha value is -3.51. The zero-order valence-electron chi connectivity index (χ0n) is 28.7. The van der Waals surface area contributed by atoms with Crippen LogP contribution in [0.25, 0.3) is 0 Å². The summed E-state index contributed by atoms with van der Waals surface area (Å²) in [6.45, 7) is 9.96. The van der Waals surface area contributed by atoms with Crippen molar-refractivity contribution in [2.24, 2.45) is 0 Å². The van der Waals surface area contributed by atoms with Crippen LogP contribution in [-0.4, -0.2) is 39.0 Å². The fourth-order valence-corrected chi connectivity index (χ4v) is 7.84. The molecule has 6 rings (SSSR count). The number of sulfonamides is 1. The number of ether oxygens (including phenoxy) is 2. The van der Waals surface area contributed by atoms with Crippen molar-refractivity contribution in [3.8, 4) is 11.5 Å². The number of pyridine rings is 2. The lowest BCUT2D eigenvalue weighted by atomic mass is 9.85. The van der Waals surface area contributed by atoms with Gasteiger partial charge in [-0.05, 0) is 155 Å². The van der Waals surface area contributed by atoms with Crippen LogP contribution in [0, 0.1) is 0 Å². The third kappa shape index (κ3) is 11.5. The van der Waals surface area contributed by atoms with Crippen molar-refractivity contribution >= 4 is 29.8 Å². The maximum Gasteiger partial charge on any atom is 0.261 e. The van der Waals surface area contributed by atoms with Crippen LogP contribution in [0.2, 0.25) is 0 Å². The first-order valence-electron chi connectivity index (χ1n) is 16.6. The summed E-state index contributed by atoms with van der Waals surface area (Å²) in [5.74, 6) is 2.05. The van der Waals surface area contributed by atoms with Gasteiger partial charge in [0.15, 0.2) is 0 Å². The van der Waals surface area contributed by atoms with Gasteiger partial charge in [-0.1, -0.05) is 6.92 Å². The molecule has 2 aliphatic carbocycles. The van der Waals surface area contributed by atoms with E-state index in [1.165, 1.54) is 42.5 Å². The molecule has 2 aliphatic rings. The van der Waals surface area contributed by atoms with Crippen LogP contribution < -0.4 is 14.2 Å². The van der Waals surface area contributed by atoms with Gasteiger partial charge < -0.3 is 9.47 Å². The predicted molar refractivity (Wildman–Crippen MR) is 193 cm³/mol. The zero-order chi connectivity index (χ0) is 35.6. The maximum absolute atomic E-state index is 12.7. The lowest BCUT2D eigenvalue weighted by Gasteiger charge is -2.25. The molecule has 4 aromatic rings. The van der Waals surface area contributed by atoms with Gasteiger partial charge in [-0.15, -0.1) is 0 Å². The van der Waals surface area contributed by atoms with Crippen LogP contribution in [0.4, 0.5) is 0 Å². The van der Waals surface area contributed by atoms with Gasteiger partial charge in [0.05, 0.1) is 22.0 Å². The molecule has 264 valence electrons. The van der Waals surface area contributed by atoms with Crippen LogP contribution >= 0.6 is 10.7 Å². The molecule has 0 saturated carbocycles. The van der Waals surface area contributed by atoms with E-state index in [2.05, 4.69) is 27.7 Å². The van der Waals surface area contributed by atoms with Gasteiger partial charge in [-0.3, -0.25) is 9.97 Å². The fourth-order valence-electron chi connectivity index (χ4n) is 5.82. The van der Waals surface area contributed by atoms with Crippen LogP contribution in [0.1, 0.15) is 94.5 Å². The molecule has 9 nitrogen and oxygen atoms in total.